The van der Waals surface area contributed by atoms with Crippen molar-refractivity contribution in [2.75, 3.05) is 26.1 Å². The average molecular weight is 534 g/mol. The van der Waals surface area contributed by atoms with Gasteiger partial charge in [0.1, 0.15) is 29.6 Å². The molecule has 3 N–H and O–H groups in total. The molecule has 0 aliphatic heterocycles. The fourth-order valence-electron chi connectivity index (χ4n) is 4.93. The summed E-state index contributed by atoms with van der Waals surface area (Å²) in [6.45, 7) is 5.46. The van der Waals surface area contributed by atoms with Crippen molar-refractivity contribution < 1.29 is 23.4 Å². The summed E-state index contributed by atoms with van der Waals surface area (Å²) in [5.74, 6) is 1.88. The molecule has 0 bridgehead atoms. The number of ether oxygens (including phenoxy) is 3. The fraction of sp³-hybridized carbons (Fsp3) is 0.419. The first-order valence-electron chi connectivity index (χ1n) is 13.4. The molecule has 1 aliphatic rings. The summed E-state index contributed by atoms with van der Waals surface area (Å²) in [4.78, 5) is 12.1. The Bertz CT molecular complexity index is 1260. The number of carbonyl (C=O) groups is 1. The predicted molar refractivity (Wildman–Crippen MR) is 153 cm³/mol. The number of amidine groups is 1. The van der Waals surface area contributed by atoms with Gasteiger partial charge in [0.25, 0.3) is 0 Å². The van der Waals surface area contributed by atoms with Crippen LogP contribution in [0.2, 0.25) is 0 Å². The first-order chi connectivity index (χ1) is 18.7. The third-order valence-corrected chi connectivity index (χ3v) is 6.63. The normalized spacial score (nSPS) is 17.4. The number of anilines is 1. The van der Waals surface area contributed by atoms with Crippen molar-refractivity contribution in [1.29, 1.82) is 5.41 Å². The van der Waals surface area contributed by atoms with E-state index in [2.05, 4.69) is 10.6 Å². The minimum Gasteiger partial charge on any atom is -0.497 e. The largest absolute Gasteiger partial charge is 0.497 e. The summed E-state index contributed by atoms with van der Waals surface area (Å²) >= 11 is 0. The van der Waals surface area contributed by atoms with E-state index in [4.69, 9.17) is 24.0 Å². The van der Waals surface area contributed by atoms with Crippen LogP contribution in [0.25, 0.3) is 22.5 Å². The number of nitrogens with one attached hydrogen (secondary N) is 3. The standard InChI is InChI=1S/C31H39N3O5/c1-31(2,3)39-25(35)19-37-24-13-9-12-22(18-24)34-29(32)27-26(20-14-16-23(36-5)17-15-20)28(38-30(27)33-4)21-10-7-6-8-11-21/h6-8,10-11,14-17,22,24,33H,9,12-13,18-19H2,1-5H3,(H2,32,34)/t22-,24-/m0/s1. The molecule has 1 aliphatic carbocycles. The van der Waals surface area contributed by atoms with E-state index in [1.807, 2.05) is 75.4 Å². The summed E-state index contributed by atoms with van der Waals surface area (Å²) in [5, 5.41) is 15.7. The van der Waals surface area contributed by atoms with Crippen molar-refractivity contribution >= 4 is 17.7 Å². The second-order valence-electron chi connectivity index (χ2n) is 10.8. The van der Waals surface area contributed by atoms with Crippen molar-refractivity contribution in [2.45, 2.75) is 64.2 Å². The van der Waals surface area contributed by atoms with Crippen LogP contribution >= 0.6 is 0 Å². The Balaban J connectivity index is 1.57. The van der Waals surface area contributed by atoms with Gasteiger partial charge in [-0.3, -0.25) is 5.41 Å². The summed E-state index contributed by atoms with van der Waals surface area (Å²) in [6, 6.07) is 17.7. The number of esters is 1. The van der Waals surface area contributed by atoms with Crippen molar-refractivity contribution in [3.8, 4) is 28.2 Å². The second-order valence-corrected chi connectivity index (χ2v) is 10.8. The molecule has 1 fully saturated rings. The second kappa shape index (κ2) is 12.4. The molecule has 208 valence electrons. The van der Waals surface area contributed by atoms with Crippen LogP contribution < -0.4 is 15.4 Å². The molecule has 0 unspecified atom stereocenters. The van der Waals surface area contributed by atoms with Crippen LogP contribution in [-0.4, -0.2) is 50.3 Å². The van der Waals surface area contributed by atoms with Crippen molar-refractivity contribution in [3.63, 3.8) is 0 Å². The molecular weight excluding hydrogens is 494 g/mol. The Morgan fingerprint density at radius 2 is 1.77 bits per heavy atom. The lowest BCUT2D eigenvalue weighted by Crippen LogP contribution is -2.41. The number of furan rings is 1. The van der Waals surface area contributed by atoms with Gasteiger partial charge < -0.3 is 29.3 Å². The predicted octanol–water partition coefficient (Wildman–Crippen LogP) is 6.25. The zero-order chi connectivity index (χ0) is 28.0. The van der Waals surface area contributed by atoms with E-state index in [0.29, 0.717) is 23.6 Å². The van der Waals surface area contributed by atoms with E-state index in [0.717, 1.165) is 41.7 Å². The third-order valence-electron chi connectivity index (χ3n) is 6.63. The summed E-state index contributed by atoms with van der Waals surface area (Å²) in [6.07, 6.45) is 3.34. The molecule has 2 atom stereocenters. The van der Waals surface area contributed by atoms with Gasteiger partial charge in [0.15, 0.2) is 0 Å². The van der Waals surface area contributed by atoms with Crippen molar-refractivity contribution in [2.24, 2.45) is 0 Å². The number of carbonyl (C=O) groups excluding carboxylic acids is 1. The van der Waals surface area contributed by atoms with Crippen LogP contribution in [0.4, 0.5) is 5.88 Å². The molecule has 8 nitrogen and oxygen atoms in total. The van der Waals surface area contributed by atoms with Gasteiger partial charge in [0.2, 0.25) is 5.88 Å². The lowest BCUT2D eigenvalue weighted by molar-refractivity contribution is -0.163. The number of hydrogen-bond donors (Lipinski definition) is 3. The van der Waals surface area contributed by atoms with Gasteiger partial charge in [-0.15, -0.1) is 0 Å². The average Bonchev–Trinajstić information content (AvgIpc) is 3.32. The topological polar surface area (TPSA) is 106 Å². The fourth-order valence-corrected chi connectivity index (χ4v) is 4.93. The highest BCUT2D eigenvalue weighted by Crippen LogP contribution is 2.42. The van der Waals surface area contributed by atoms with E-state index in [9.17, 15) is 4.79 Å². The van der Waals surface area contributed by atoms with Crippen molar-refractivity contribution in [1.82, 2.24) is 5.32 Å². The Hall–Kier alpha value is -3.78. The maximum Gasteiger partial charge on any atom is 0.332 e. The third kappa shape index (κ3) is 7.20. The van der Waals surface area contributed by atoms with Crippen LogP contribution in [0.3, 0.4) is 0 Å². The molecule has 1 saturated carbocycles. The molecule has 3 aromatic rings. The van der Waals surface area contributed by atoms with Gasteiger partial charge in [0, 0.05) is 24.2 Å². The Kier molecular flexibility index (Phi) is 8.97. The molecule has 2 aromatic carbocycles. The van der Waals surface area contributed by atoms with E-state index >= 15 is 0 Å². The van der Waals surface area contributed by atoms with Crippen molar-refractivity contribution in [3.05, 3.63) is 60.2 Å². The maximum absolute atomic E-state index is 12.1. The van der Waals surface area contributed by atoms with Crippen LogP contribution in [0, 0.1) is 5.41 Å². The van der Waals surface area contributed by atoms with Gasteiger partial charge in [-0.25, -0.2) is 4.79 Å². The monoisotopic (exact) mass is 533 g/mol. The SMILES string of the molecule is CNc1oc(-c2ccccc2)c(-c2ccc(OC)cc2)c1C(=N)N[C@H]1CCC[C@H](OCC(=O)OC(C)(C)C)C1. The highest BCUT2D eigenvalue weighted by Gasteiger charge is 2.29. The maximum atomic E-state index is 12.1. The highest BCUT2D eigenvalue weighted by molar-refractivity contribution is 6.09. The molecule has 4 rings (SSSR count). The zero-order valence-electron chi connectivity index (χ0n) is 23.4. The van der Waals surface area contributed by atoms with E-state index in [1.165, 1.54) is 0 Å². The van der Waals surface area contributed by atoms with Crippen LogP contribution in [0.15, 0.2) is 59.0 Å². The zero-order valence-corrected chi connectivity index (χ0v) is 23.4. The van der Waals surface area contributed by atoms with Gasteiger partial charge in [0.05, 0.1) is 18.8 Å². The molecule has 39 heavy (non-hydrogen) atoms. The van der Waals surface area contributed by atoms with E-state index < -0.39 is 5.60 Å². The van der Waals surface area contributed by atoms with E-state index in [-0.39, 0.29) is 30.6 Å². The number of hydrogen-bond acceptors (Lipinski definition) is 7. The summed E-state index contributed by atoms with van der Waals surface area (Å²) < 4.78 is 23.0. The Morgan fingerprint density at radius 3 is 2.41 bits per heavy atom. The molecule has 0 saturated heterocycles. The molecular formula is C31H39N3O5. The minimum atomic E-state index is -0.540. The molecule has 1 aromatic heterocycles. The van der Waals surface area contributed by atoms with Crippen LogP contribution in [-0.2, 0) is 14.3 Å². The lowest BCUT2D eigenvalue weighted by atomic mass is 9.92. The molecule has 0 radical (unpaired) electrons. The number of benzene rings is 2. The van der Waals surface area contributed by atoms with Gasteiger partial charge >= 0.3 is 5.97 Å². The van der Waals surface area contributed by atoms with Gasteiger partial charge in [-0.1, -0.05) is 42.5 Å². The quantitative estimate of drug-likeness (QED) is 0.170. The summed E-state index contributed by atoms with van der Waals surface area (Å²) in [5.41, 5.74) is 2.80. The molecule has 8 heteroatoms. The first-order valence-corrected chi connectivity index (χ1v) is 13.4. The molecule has 0 spiro atoms. The van der Waals surface area contributed by atoms with Crippen LogP contribution in [0.1, 0.15) is 52.0 Å². The summed E-state index contributed by atoms with van der Waals surface area (Å²) in [7, 11) is 3.43. The molecule has 1 heterocycles. The van der Waals surface area contributed by atoms with Gasteiger partial charge in [-0.2, -0.15) is 0 Å². The first kappa shape index (κ1) is 28.2. The van der Waals surface area contributed by atoms with Gasteiger partial charge in [-0.05, 0) is 64.2 Å². The Labute approximate surface area is 230 Å². The Morgan fingerprint density at radius 1 is 1.05 bits per heavy atom. The minimum absolute atomic E-state index is 0.0263. The molecule has 0 amide bonds. The number of rotatable bonds is 9. The lowest BCUT2D eigenvalue weighted by Gasteiger charge is -2.30. The number of methoxy groups -OCH3 is 1. The van der Waals surface area contributed by atoms with Crippen LogP contribution in [0.5, 0.6) is 5.75 Å². The van der Waals surface area contributed by atoms with E-state index in [1.54, 1.807) is 14.2 Å². The smallest absolute Gasteiger partial charge is 0.332 e. The highest BCUT2D eigenvalue weighted by atomic mass is 16.6.